The molecule has 0 N–H and O–H groups in total. The average Bonchev–Trinajstić information content (AvgIpc) is 2.25. The molecule has 9 heteroatoms. The van der Waals surface area contributed by atoms with Crippen molar-refractivity contribution in [2.45, 2.75) is 4.90 Å². The van der Waals surface area contributed by atoms with Crippen LogP contribution in [0.5, 0.6) is 5.75 Å². The Bertz CT molecular complexity index is 582. The predicted octanol–water partition coefficient (Wildman–Crippen LogP) is 1.34. The molecule has 17 heavy (non-hydrogen) atoms. The van der Waals surface area contributed by atoms with E-state index in [0.29, 0.717) is 6.29 Å². The minimum Gasteiger partial charge on any atom is -0.496 e. The van der Waals surface area contributed by atoms with E-state index in [1.165, 1.54) is 7.11 Å². The number of carbonyl (C=O) groups excluding carboxylic acids is 1. The number of aldehydes is 1. The largest absolute Gasteiger partial charge is 0.496 e. The molecule has 0 amide bonds. The van der Waals surface area contributed by atoms with E-state index in [1.54, 1.807) is 0 Å². The third-order valence-electron chi connectivity index (χ3n) is 1.90. The van der Waals surface area contributed by atoms with Crippen LogP contribution < -0.4 is 4.74 Å². The molecule has 0 spiro atoms. The van der Waals surface area contributed by atoms with Crippen molar-refractivity contribution in [3.8, 4) is 5.75 Å². The number of benzene rings is 1. The zero-order valence-electron chi connectivity index (χ0n) is 8.41. The van der Waals surface area contributed by atoms with E-state index >= 15 is 0 Å². The van der Waals surface area contributed by atoms with Crippen LogP contribution in [0.25, 0.3) is 0 Å². The number of hydrogen-bond acceptors (Lipinski definition) is 6. The average molecular weight is 280 g/mol. The standard InChI is InChI=1S/C8H6ClNO6S/c1-16-7-3-8(17(9,14)15)6(10(12)13)2-5(7)4-11/h2-4H,1H3. The Morgan fingerprint density at radius 1 is 1.47 bits per heavy atom. The van der Waals surface area contributed by atoms with Gasteiger partial charge in [-0.1, -0.05) is 0 Å². The summed E-state index contributed by atoms with van der Waals surface area (Å²) in [5, 5.41) is 10.7. The van der Waals surface area contributed by atoms with E-state index in [0.717, 1.165) is 12.1 Å². The summed E-state index contributed by atoms with van der Waals surface area (Å²) in [6.45, 7) is 0. The molecule has 7 nitrogen and oxygen atoms in total. The Hall–Kier alpha value is -1.67. The highest BCUT2D eigenvalue weighted by molar-refractivity contribution is 8.13. The van der Waals surface area contributed by atoms with Crippen LogP contribution in [0.1, 0.15) is 10.4 Å². The molecule has 0 saturated heterocycles. The number of hydrogen-bond donors (Lipinski definition) is 0. The summed E-state index contributed by atoms with van der Waals surface area (Å²) in [6.07, 6.45) is 0.316. The molecule has 0 radical (unpaired) electrons. The monoisotopic (exact) mass is 279 g/mol. The fourth-order valence-corrected chi connectivity index (χ4v) is 2.17. The number of halogens is 1. The molecule has 1 rings (SSSR count). The third-order valence-corrected chi connectivity index (χ3v) is 3.25. The van der Waals surface area contributed by atoms with E-state index < -0.39 is 24.6 Å². The second-order valence-corrected chi connectivity index (χ2v) is 5.41. The maximum Gasteiger partial charge on any atom is 0.290 e. The van der Waals surface area contributed by atoms with Crippen LogP contribution in [0.3, 0.4) is 0 Å². The molecule has 92 valence electrons. The molecule has 0 aliphatic rings. The number of carbonyl (C=O) groups is 1. The Balaban J connectivity index is 3.69. The molecule has 0 aromatic heterocycles. The molecular formula is C8H6ClNO6S. The quantitative estimate of drug-likeness (QED) is 0.356. The maximum atomic E-state index is 11.1. The van der Waals surface area contributed by atoms with Crippen molar-refractivity contribution in [3.63, 3.8) is 0 Å². The molecule has 0 atom stereocenters. The SMILES string of the molecule is COc1cc(S(=O)(=O)Cl)c([N+](=O)[O-])cc1C=O. The lowest BCUT2D eigenvalue weighted by molar-refractivity contribution is -0.387. The topological polar surface area (TPSA) is 104 Å². The van der Waals surface area contributed by atoms with E-state index in [-0.39, 0.29) is 11.3 Å². The maximum absolute atomic E-state index is 11.1. The Morgan fingerprint density at radius 2 is 2.06 bits per heavy atom. The third kappa shape index (κ3) is 2.71. The molecule has 0 fully saturated rings. The van der Waals surface area contributed by atoms with Crippen LogP contribution in [0.15, 0.2) is 17.0 Å². The van der Waals surface area contributed by atoms with Crippen LogP contribution in [0, 0.1) is 10.1 Å². The van der Waals surface area contributed by atoms with Crippen LogP contribution in [0.2, 0.25) is 0 Å². The summed E-state index contributed by atoms with van der Waals surface area (Å²) in [5.41, 5.74) is -0.911. The highest BCUT2D eigenvalue weighted by Crippen LogP contribution is 2.32. The highest BCUT2D eigenvalue weighted by atomic mass is 35.7. The van der Waals surface area contributed by atoms with Gasteiger partial charge in [0.05, 0.1) is 17.6 Å². The van der Waals surface area contributed by atoms with Gasteiger partial charge in [-0.3, -0.25) is 14.9 Å². The van der Waals surface area contributed by atoms with E-state index in [1.807, 2.05) is 0 Å². The minimum absolute atomic E-state index is 0.107. The van der Waals surface area contributed by atoms with Crippen molar-refractivity contribution in [1.82, 2.24) is 0 Å². The van der Waals surface area contributed by atoms with Gasteiger partial charge in [-0.2, -0.15) is 0 Å². The van der Waals surface area contributed by atoms with Crippen LogP contribution in [-0.2, 0) is 9.05 Å². The zero-order chi connectivity index (χ0) is 13.2. The summed E-state index contributed by atoms with van der Waals surface area (Å²) >= 11 is 0. The van der Waals surface area contributed by atoms with Gasteiger partial charge in [0.25, 0.3) is 14.7 Å². The normalized spacial score (nSPS) is 10.9. The lowest BCUT2D eigenvalue weighted by atomic mass is 10.2. The number of methoxy groups -OCH3 is 1. The molecule has 1 aromatic rings. The predicted molar refractivity (Wildman–Crippen MR) is 58.1 cm³/mol. The first-order chi connectivity index (χ1) is 7.81. The van der Waals surface area contributed by atoms with Crippen molar-refractivity contribution in [3.05, 3.63) is 27.8 Å². The molecule has 0 bridgehead atoms. The van der Waals surface area contributed by atoms with Gasteiger partial charge < -0.3 is 4.74 Å². The summed E-state index contributed by atoms with van der Waals surface area (Å²) < 4.78 is 27.0. The van der Waals surface area contributed by atoms with Crippen LogP contribution in [0.4, 0.5) is 5.69 Å². The Kier molecular flexibility index (Phi) is 3.69. The summed E-state index contributed by atoms with van der Waals surface area (Å²) in [6, 6.07) is 1.63. The summed E-state index contributed by atoms with van der Waals surface area (Å²) in [4.78, 5) is 19.6. The van der Waals surface area contributed by atoms with Gasteiger partial charge in [0.1, 0.15) is 5.75 Å². The second-order valence-electron chi connectivity index (χ2n) is 2.87. The first-order valence-electron chi connectivity index (χ1n) is 4.07. The first kappa shape index (κ1) is 13.4. The fraction of sp³-hybridized carbons (Fsp3) is 0.125. The molecular weight excluding hydrogens is 274 g/mol. The lowest BCUT2D eigenvalue weighted by Crippen LogP contribution is -2.02. The van der Waals surface area contributed by atoms with E-state index in [9.17, 15) is 23.3 Å². The van der Waals surface area contributed by atoms with Gasteiger partial charge >= 0.3 is 0 Å². The number of rotatable bonds is 4. The van der Waals surface area contributed by atoms with Gasteiger partial charge in [-0.05, 0) is 0 Å². The summed E-state index contributed by atoms with van der Waals surface area (Å²) in [5.74, 6) is -0.107. The van der Waals surface area contributed by atoms with Crippen LogP contribution in [-0.4, -0.2) is 26.7 Å². The molecule has 0 aliphatic carbocycles. The Labute approximate surface area is 101 Å². The lowest BCUT2D eigenvalue weighted by Gasteiger charge is -2.05. The van der Waals surface area contributed by atoms with Crippen molar-refractivity contribution in [2.75, 3.05) is 7.11 Å². The molecule has 1 aromatic carbocycles. The Morgan fingerprint density at radius 3 is 2.41 bits per heavy atom. The molecule has 0 heterocycles. The number of nitro benzene ring substituents is 1. The first-order valence-corrected chi connectivity index (χ1v) is 6.38. The van der Waals surface area contributed by atoms with Gasteiger partial charge in [0.2, 0.25) is 0 Å². The van der Waals surface area contributed by atoms with Crippen molar-refractivity contribution in [1.29, 1.82) is 0 Å². The fourth-order valence-electron chi connectivity index (χ4n) is 1.17. The molecule has 0 saturated carbocycles. The smallest absolute Gasteiger partial charge is 0.290 e. The van der Waals surface area contributed by atoms with Crippen molar-refractivity contribution in [2.24, 2.45) is 0 Å². The highest BCUT2D eigenvalue weighted by Gasteiger charge is 2.26. The van der Waals surface area contributed by atoms with Gasteiger partial charge in [0.15, 0.2) is 11.2 Å². The number of nitrogens with zero attached hydrogens (tertiary/aromatic N) is 1. The van der Waals surface area contributed by atoms with Crippen LogP contribution >= 0.6 is 10.7 Å². The van der Waals surface area contributed by atoms with Crippen molar-refractivity contribution < 1.29 is 22.9 Å². The van der Waals surface area contributed by atoms with E-state index in [2.05, 4.69) is 0 Å². The van der Waals surface area contributed by atoms with Gasteiger partial charge in [-0.15, -0.1) is 0 Å². The van der Waals surface area contributed by atoms with Gasteiger partial charge in [-0.25, -0.2) is 8.42 Å². The summed E-state index contributed by atoms with van der Waals surface area (Å²) in [7, 11) is 1.95. The van der Waals surface area contributed by atoms with Gasteiger partial charge in [0, 0.05) is 22.8 Å². The molecule has 0 unspecified atom stereocenters. The molecule has 0 aliphatic heterocycles. The minimum atomic E-state index is -4.30. The zero-order valence-corrected chi connectivity index (χ0v) is 9.99. The van der Waals surface area contributed by atoms with E-state index in [4.69, 9.17) is 15.4 Å². The number of ether oxygens (including phenoxy) is 1. The van der Waals surface area contributed by atoms with Crippen molar-refractivity contribution >= 4 is 31.7 Å². The second kappa shape index (κ2) is 4.68. The number of nitro groups is 1.